The lowest BCUT2D eigenvalue weighted by Crippen LogP contribution is -2.52. The van der Waals surface area contributed by atoms with E-state index in [9.17, 15) is 0 Å². The van der Waals surface area contributed by atoms with Crippen LogP contribution >= 0.6 is 0 Å². The van der Waals surface area contributed by atoms with Crippen molar-refractivity contribution in [3.8, 4) is 11.8 Å². The van der Waals surface area contributed by atoms with E-state index in [1.165, 1.54) is 90.5 Å². The van der Waals surface area contributed by atoms with E-state index < -0.39 is 0 Å². The lowest BCUT2D eigenvalue weighted by molar-refractivity contribution is -0.0347. The minimum absolute atomic E-state index is 0.433. The lowest BCUT2D eigenvalue weighted by atomic mass is 9.73. The van der Waals surface area contributed by atoms with Gasteiger partial charge in [0, 0.05) is 57.3 Å². The fourth-order valence-electron chi connectivity index (χ4n) is 9.26. The zero-order chi connectivity index (χ0) is 35.5. The molecule has 5 saturated heterocycles. The fourth-order valence-corrected chi connectivity index (χ4v) is 9.26. The van der Waals surface area contributed by atoms with E-state index in [-0.39, 0.29) is 0 Å². The molecule has 0 radical (unpaired) electrons. The van der Waals surface area contributed by atoms with Crippen molar-refractivity contribution >= 4 is 0 Å². The average Bonchev–Trinajstić information content (AvgIpc) is 3.77. The molecule has 0 aromatic carbocycles. The molecule has 278 valence electrons. The Morgan fingerprint density at radius 3 is 1.83 bits per heavy atom. The zero-order valence-corrected chi connectivity index (χ0v) is 33.8. The number of nitrogens with zero attached hydrogens (tertiary/aromatic N) is 3. The molecule has 0 saturated carbocycles. The Morgan fingerprint density at radius 1 is 0.830 bits per heavy atom. The van der Waals surface area contributed by atoms with Gasteiger partial charge in [0.15, 0.2) is 0 Å². The van der Waals surface area contributed by atoms with E-state index in [1.54, 1.807) is 7.11 Å². The van der Waals surface area contributed by atoms with Gasteiger partial charge in [0.2, 0.25) is 0 Å². The maximum Gasteiger partial charge on any atom is 0.0483 e. The monoisotopic (exact) mass is 664 g/mol. The Balaban J connectivity index is 0.000000328. The number of rotatable bonds is 6. The van der Waals surface area contributed by atoms with E-state index >= 15 is 0 Å². The Labute approximate surface area is 294 Å². The van der Waals surface area contributed by atoms with Crippen LogP contribution in [0.25, 0.3) is 0 Å². The summed E-state index contributed by atoms with van der Waals surface area (Å²) in [6.07, 6.45) is 11.7. The van der Waals surface area contributed by atoms with Crippen LogP contribution in [0, 0.1) is 35.0 Å². The standard InChI is InChI=1S/C13H25NO.C13H27NO.C9H17NO.C4H6.C2H6/c1-4-14-8-5-12(11(2)3)13(14)6-9-15-10-7-13;1-6-14-9-7-11(13(2,3)4)12(14)8-10-15-5;1-10-6-2-3-9(10)4-7-11-8-5-9;1-3-4-2;1-2/h11-12H,4-10H2,1-3H3;11-12H,6-10H2,1-5H3;2-8H2,1H3;1-2H3;1-2H3. The summed E-state index contributed by atoms with van der Waals surface area (Å²) in [6.45, 7) is 35.2. The molecule has 6 heteroatoms. The minimum atomic E-state index is 0.433. The van der Waals surface area contributed by atoms with Gasteiger partial charge < -0.3 is 24.0 Å². The molecule has 0 N–H and O–H groups in total. The number of likely N-dealkylation sites (tertiary alicyclic amines) is 3. The number of ether oxygens (including phenoxy) is 3. The Kier molecular flexibility index (Phi) is 21.6. The smallest absolute Gasteiger partial charge is 0.0483 e. The molecule has 5 heterocycles. The first-order valence-corrected chi connectivity index (χ1v) is 19.6. The van der Waals surface area contributed by atoms with Crippen LogP contribution in [0.2, 0.25) is 0 Å². The molecule has 5 rings (SSSR count). The first-order valence-electron chi connectivity index (χ1n) is 19.6. The van der Waals surface area contributed by atoms with E-state index in [0.717, 1.165) is 56.8 Å². The molecule has 5 fully saturated rings. The first kappa shape index (κ1) is 44.3. The molecule has 0 aromatic heterocycles. The van der Waals surface area contributed by atoms with E-state index in [2.05, 4.69) is 82.1 Å². The summed E-state index contributed by atoms with van der Waals surface area (Å²) in [7, 11) is 4.07. The van der Waals surface area contributed by atoms with Gasteiger partial charge in [-0.15, -0.1) is 11.8 Å². The highest BCUT2D eigenvalue weighted by Crippen LogP contribution is 2.45. The van der Waals surface area contributed by atoms with Gasteiger partial charge in [0.25, 0.3) is 0 Å². The zero-order valence-electron chi connectivity index (χ0n) is 33.8. The lowest BCUT2D eigenvalue weighted by Gasteiger charge is -2.46. The molecule has 3 atom stereocenters. The maximum absolute atomic E-state index is 5.55. The number of hydrogen-bond donors (Lipinski definition) is 0. The van der Waals surface area contributed by atoms with Gasteiger partial charge in [-0.1, -0.05) is 62.3 Å². The third-order valence-electron chi connectivity index (χ3n) is 12.0. The average molecular weight is 664 g/mol. The quantitative estimate of drug-likeness (QED) is 0.265. The van der Waals surface area contributed by atoms with Crippen molar-refractivity contribution in [1.82, 2.24) is 14.7 Å². The van der Waals surface area contributed by atoms with Crippen molar-refractivity contribution in [3.05, 3.63) is 0 Å². The predicted octanol–water partition coefficient (Wildman–Crippen LogP) is 8.63. The van der Waals surface area contributed by atoms with Crippen molar-refractivity contribution in [2.45, 2.75) is 151 Å². The number of methoxy groups -OCH3 is 1. The highest BCUT2D eigenvalue weighted by molar-refractivity contribution is 5.03. The molecule has 47 heavy (non-hydrogen) atoms. The molecule has 0 aromatic rings. The third-order valence-corrected chi connectivity index (χ3v) is 12.0. The van der Waals surface area contributed by atoms with Gasteiger partial charge >= 0.3 is 0 Å². The third kappa shape index (κ3) is 12.9. The molecule has 6 nitrogen and oxygen atoms in total. The van der Waals surface area contributed by atoms with E-state index in [0.29, 0.717) is 16.5 Å². The van der Waals surface area contributed by atoms with Gasteiger partial charge in [-0.05, 0) is 135 Å². The Bertz CT molecular complexity index is 842. The maximum atomic E-state index is 5.55. The first-order chi connectivity index (χ1) is 22.5. The summed E-state index contributed by atoms with van der Waals surface area (Å²) in [5.41, 5.74) is 1.46. The van der Waals surface area contributed by atoms with Gasteiger partial charge in [-0.2, -0.15) is 0 Å². The molecule has 2 spiro atoms. The molecular weight excluding hydrogens is 582 g/mol. The van der Waals surface area contributed by atoms with Crippen LogP contribution in [-0.2, 0) is 14.2 Å². The summed E-state index contributed by atoms with van der Waals surface area (Å²) in [6, 6.07) is 0.731. The van der Waals surface area contributed by atoms with Crippen LogP contribution in [0.15, 0.2) is 0 Å². The van der Waals surface area contributed by atoms with Crippen LogP contribution < -0.4 is 0 Å². The Hall–Kier alpha value is -0.680. The van der Waals surface area contributed by atoms with E-state index in [4.69, 9.17) is 14.2 Å². The van der Waals surface area contributed by atoms with Gasteiger partial charge in [-0.3, -0.25) is 4.90 Å². The normalized spacial score (nSPS) is 27.0. The summed E-state index contributed by atoms with van der Waals surface area (Å²) < 4.78 is 16.2. The van der Waals surface area contributed by atoms with Gasteiger partial charge in [0.05, 0.1) is 0 Å². The second-order valence-electron chi connectivity index (χ2n) is 15.5. The summed E-state index contributed by atoms with van der Waals surface area (Å²) in [5, 5.41) is 0. The second kappa shape index (κ2) is 22.9. The highest BCUT2D eigenvalue weighted by atomic mass is 16.5. The van der Waals surface area contributed by atoms with E-state index in [1.807, 2.05) is 27.7 Å². The van der Waals surface area contributed by atoms with Gasteiger partial charge in [0.1, 0.15) is 0 Å². The van der Waals surface area contributed by atoms with Crippen LogP contribution in [0.5, 0.6) is 0 Å². The molecule has 0 amide bonds. The largest absolute Gasteiger partial charge is 0.385 e. The topological polar surface area (TPSA) is 37.4 Å². The van der Waals surface area contributed by atoms with Crippen molar-refractivity contribution in [2.75, 3.05) is 79.9 Å². The second-order valence-corrected chi connectivity index (χ2v) is 15.5. The van der Waals surface area contributed by atoms with Crippen molar-refractivity contribution < 1.29 is 14.2 Å². The molecule has 0 aliphatic carbocycles. The molecule has 5 aliphatic rings. The molecule has 5 aliphatic heterocycles. The summed E-state index contributed by atoms with van der Waals surface area (Å²) >= 11 is 0. The van der Waals surface area contributed by atoms with Crippen LogP contribution in [-0.4, -0.2) is 112 Å². The van der Waals surface area contributed by atoms with Crippen molar-refractivity contribution in [3.63, 3.8) is 0 Å². The van der Waals surface area contributed by atoms with Crippen LogP contribution in [0.1, 0.15) is 134 Å². The molecular formula is C41H81N3O3. The Morgan fingerprint density at radius 2 is 1.40 bits per heavy atom. The van der Waals surface area contributed by atoms with Crippen LogP contribution in [0.4, 0.5) is 0 Å². The van der Waals surface area contributed by atoms with Crippen LogP contribution in [0.3, 0.4) is 0 Å². The van der Waals surface area contributed by atoms with Gasteiger partial charge in [-0.25, -0.2) is 0 Å². The predicted molar refractivity (Wildman–Crippen MR) is 203 cm³/mol. The van der Waals surface area contributed by atoms with Crippen molar-refractivity contribution in [2.24, 2.45) is 23.2 Å². The molecule has 3 unspecified atom stereocenters. The minimum Gasteiger partial charge on any atom is -0.385 e. The number of hydrogen-bond acceptors (Lipinski definition) is 6. The van der Waals surface area contributed by atoms with Crippen molar-refractivity contribution in [1.29, 1.82) is 0 Å². The summed E-state index contributed by atoms with van der Waals surface area (Å²) in [5.74, 6) is 7.90. The fraction of sp³-hybridized carbons (Fsp3) is 0.951. The summed E-state index contributed by atoms with van der Waals surface area (Å²) in [4.78, 5) is 7.88. The highest BCUT2D eigenvalue weighted by Gasteiger charge is 2.49. The molecule has 0 bridgehead atoms. The SMILES string of the molecule is CC.CC#CC.CCN1CCC(C(C)(C)C)C1CCOC.CCN1CCC(C(C)C)C12CCOCC2.CN1CCCC12CCOCC2.